The largest absolute Gasteiger partial charge is 0.310 e. The molecule has 1 heteroatoms. The van der Waals surface area contributed by atoms with Crippen LogP contribution in [-0.4, -0.2) is 0 Å². The third kappa shape index (κ3) is 5.01. The molecule has 10 aromatic carbocycles. The maximum Gasteiger partial charge on any atom is 0.0465 e. The van der Waals surface area contributed by atoms with Gasteiger partial charge in [-0.3, -0.25) is 0 Å². The molecule has 0 saturated heterocycles. The van der Waals surface area contributed by atoms with Gasteiger partial charge in [-0.25, -0.2) is 0 Å². The fourth-order valence-corrected chi connectivity index (χ4v) is 9.45. The van der Waals surface area contributed by atoms with E-state index in [4.69, 9.17) is 0 Å². The van der Waals surface area contributed by atoms with E-state index in [9.17, 15) is 0 Å². The van der Waals surface area contributed by atoms with E-state index < -0.39 is 0 Å². The SMILES string of the molecule is CC1(C)c2ccccc2-c2ccc(N(c3ccc(-c4cccc5ccccc45)cc3)c3ccc(-c4cccc5ccc6c7ccccc7ccc6c45)cc3)cc21. The Balaban J connectivity index is 1.05. The molecule has 0 aromatic heterocycles. The maximum atomic E-state index is 2.42. The van der Waals surface area contributed by atoms with E-state index in [1.807, 2.05) is 0 Å². The molecule has 56 heavy (non-hydrogen) atoms. The summed E-state index contributed by atoms with van der Waals surface area (Å²) in [5.74, 6) is 0. The molecule has 1 aliphatic carbocycles. The zero-order valence-corrected chi connectivity index (χ0v) is 31.5. The van der Waals surface area contributed by atoms with Crippen LogP contribution < -0.4 is 4.90 Å². The third-order valence-corrected chi connectivity index (χ3v) is 12.3. The van der Waals surface area contributed by atoms with Crippen molar-refractivity contribution in [2.24, 2.45) is 0 Å². The Kier molecular flexibility index (Phi) is 7.28. The Labute approximate surface area is 327 Å². The summed E-state index contributed by atoms with van der Waals surface area (Å²) >= 11 is 0. The summed E-state index contributed by atoms with van der Waals surface area (Å²) in [5, 5.41) is 10.2. The third-order valence-electron chi connectivity index (χ3n) is 12.3. The lowest BCUT2D eigenvalue weighted by atomic mass is 9.82. The molecule has 10 aromatic rings. The standard InChI is InChI=1S/C55H39N/c1-55(2)52-20-8-7-17-49(52)50-34-31-43(35-53(50)55)56(41-27-21-38(22-28-41)45-18-9-13-36-11-3-5-15-44(36)45)42-29-23-39(24-30-42)47-19-10-14-40-26-32-48-46-16-6-4-12-37(46)25-33-51(48)54(40)47/h3-35H,1-2H3. The smallest absolute Gasteiger partial charge is 0.0465 e. The Morgan fingerprint density at radius 3 is 1.61 bits per heavy atom. The topological polar surface area (TPSA) is 3.24 Å². The molecule has 0 aliphatic heterocycles. The van der Waals surface area contributed by atoms with Gasteiger partial charge in [0, 0.05) is 22.5 Å². The van der Waals surface area contributed by atoms with E-state index in [0.29, 0.717) is 0 Å². The van der Waals surface area contributed by atoms with E-state index >= 15 is 0 Å². The first-order valence-corrected chi connectivity index (χ1v) is 19.6. The molecule has 0 heterocycles. The lowest BCUT2D eigenvalue weighted by Crippen LogP contribution is -2.16. The summed E-state index contributed by atoms with van der Waals surface area (Å²) in [6.07, 6.45) is 0. The van der Waals surface area contributed by atoms with E-state index in [0.717, 1.165) is 17.1 Å². The second kappa shape index (κ2) is 12.5. The molecule has 11 rings (SSSR count). The van der Waals surface area contributed by atoms with Crippen molar-refractivity contribution in [3.63, 3.8) is 0 Å². The van der Waals surface area contributed by atoms with E-state index in [1.54, 1.807) is 0 Å². The van der Waals surface area contributed by atoms with Gasteiger partial charge in [0.05, 0.1) is 0 Å². The molecule has 0 spiro atoms. The van der Waals surface area contributed by atoms with Crippen LogP contribution in [0, 0.1) is 0 Å². The van der Waals surface area contributed by atoms with Crippen molar-refractivity contribution in [3.8, 4) is 33.4 Å². The number of hydrogen-bond acceptors (Lipinski definition) is 1. The highest BCUT2D eigenvalue weighted by molar-refractivity contribution is 6.21. The van der Waals surface area contributed by atoms with Crippen LogP contribution in [0.4, 0.5) is 17.1 Å². The Bertz CT molecular complexity index is 3150. The molecule has 0 radical (unpaired) electrons. The minimum Gasteiger partial charge on any atom is -0.310 e. The molecular weight excluding hydrogens is 675 g/mol. The number of fused-ring (bicyclic) bond motifs is 9. The molecule has 0 N–H and O–H groups in total. The van der Waals surface area contributed by atoms with Gasteiger partial charge in [-0.05, 0) is 124 Å². The lowest BCUT2D eigenvalue weighted by Gasteiger charge is -2.28. The van der Waals surface area contributed by atoms with Gasteiger partial charge < -0.3 is 4.90 Å². The average Bonchev–Trinajstić information content (AvgIpc) is 3.49. The number of rotatable bonds is 5. The second-order valence-electron chi connectivity index (χ2n) is 15.7. The first kappa shape index (κ1) is 32.5. The van der Waals surface area contributed by atoms with Crippen molar-refractivity contribution >= 4 is 60.2 Å². The normalized spacial score (nSPS) is 13.0. The van der Waals surface area contributed by atoms with Crippen LogP contribution in [0.1, 0.15) is 25.0 Å². The summed E-state index contributed by atoms with van der Waals surface area (Å²) in [5.41, 5.74) is 13.6. The zero-order chi connectivity index (χ0) is 37.4. The first-order chi connectivity index (χ1) is 27.5. The van der Waals surface area contributed by atoms with Crippen molar-refractivity contribution in [2.45, 2.75) is 19.3 Å². The maximum absolute atomic E-state index is 2.42. The minimum absolute atomic E-state index is 0.0991. The fraction of sp³-hybridized carbons (Fsp3) is 0.0545. The van der Waals surface area contributed by atoms with Gasteiger partial charge in [0.25, 0.3) is 0 Å². The van der Waals surface area contributed by atoms with E-state index in [2.05, 4.69) is 219 Å². The summed E-state index contributed by atoms with van der Waals surface area (Å²) in [7, 11) is 0. The second-order valence-corrected chi connectivity index (χ2v) is 15.7. The zero-order valence-electron chi connectivity index (χ0n) is 31.5. The van der Waals surface area contributed by atoms with Crippen LogP contribution in [0.3, 0.4) is 0 Å². The summed E-state index contributed by atoms with van der Waals surface area (Å²) in [6.45, 7) is 4.71. The van der Waals surface area contributed by atoms with Crippen LogP contribution in [0.5, 0.6) is 0 Å². The van der Waals surface area contributed by atoms with Gasteiger partial charge in [-0.2, -0.15) is 0 Å². The molecule has 1 nitrogen and oxygen atoms in total. The van der Waals surface area contributed by atoms with Crippen molar-refractivity contribution in [3.05, 3.63) is 211 Å². The van der Waals surface area contributed by atoms with Crippen LogP contribution in [0.2, 0.25) is 0 Å². The van der Waals surface area contributed by atoms with Crippen LogP contribution in [-0.2, 0) is 5.41 Å². The minimum atomic E-state index is -0.0991. The van der Waals surface area contributed by atoms with Gasteiger partial charge in [0.15, 0.2) is 0 Å². The van der Waals surface area contributed by atoms with Crippen molar-refractivity contribution < 1.29 is 0 Å². The number of benzene rings is 10. The molecule has 1 aliphatic rings. The predicted octanol–water partition coefficient (Wildman–Crippen LogP) is 15.4. The van der Waals surface area contributed by atoms with Gasteiger partial charge in [-0.1, -0.05) is 178 Å². The molecule has 0 bridgehead atoms. The summed E-state index contributed by atoms with van der Waals surface area (Å²) < 4.78 is 0. The quantitative estimate of drug-likeness (QED) is 0.161. The van der Waals surface area contributed by atoms with Gasteiger partial charge in [-0.15, -0.1) is 0 Å². The van der Waals surface area contributed by atoms with E-state index in [1.165, 1.54) is 87.6 Å². The Hall–Kier alpha value is -6.96. The monoisotopic (exact) mass is 713 g/mol. The van der Waals surface area contributed by atoms with Crippen molar-refractivity contribution in [2.75, 3.05) is 4.90 Å². The lowest BCUT2D eigenvalue weighted by molar-refractivity contribution is 0.660. The van der Waals surface area contributed by atoms with Crippen LogP contribution >= 0.6 is 0 Å². The highest BCUT2D eigenvalue weighted by Crippen LogP contribution is 2.51. The molecule has 0 atom stereocenters. The molecule has 0 amide bonds. The fourth-order valence-electron chi connectivity index (χ4n) is 9.45. The first-order valence-electron chi connectivity index (χ1n) is 19.6. The van der Waals surface area contributed by atoms with Crippen LogP contribution in [0.15, 0.2) is 200 Å². The van der Waals surface area contributed by atoms with Gasteiger partial charge in [0.1, 0.15) is 0 Å². The highest BCUT2D eigenvalue weighted by Gasteiger charge is 2.35. The number of anilines is 3. The van der Waals surface area contributed by atoms with Crippen LogP contribution in [0.25, 0.3) is 76.5 Å². The van der Waals surface area contributed by atoms with Gasteiger partial charge >= 0.3 is 0 Å². The number of hydrogen-bond donors (Lipinski definition) is 0. The summed E-state index contributed by atoms with van der Waals surface area (Å²) in [4.78, 5) is 2.42. The predicted molar refractivity (Wildman–Crippen MR) is 240 cm³/mol. The summed E-state index contributed by atoms with van der Waals surface area (Å²) in [6, 6.07) is 74.0. The van der Waals surface area contributed by atoms with E-state index in [-0.39, 0.29) is 5.41 Å². The molecular formula is C55H39N. The molecule has 264 valence electrons. The Morgan fingerprint density at radius 2 is 0.839 bits per heavy atom. The highest BCUT2D eigenvalue weighted by atomic mass is 15.1. The van der Waals surface area contributed by atoms with Gasteiger partial charge in [0.2, 0.25) is 0 Å². The Morgan fingerprint density at radius 1 is 0.321 bits per heavy atom. The number of nitrogens with zero attached hydrogens (tertiary/aromatic N) is 1. The van der Waals surface area contributed by atoms with Crippen molar-refractivity contribution in [1.29, 1.82) is 0 Å². The average molecular weight is 714 g/mol. The van der Waals surface area contributed by atoms with Crippen molar-refractivity contribution in [1.82, 2.24) is 0 Å². The molecule has 0 saturated carbocycles. The molecule has 0 fully saturated rings. The molecule has 0 unspecified atom stereocenters.